The molecule has 1 amide bonds. The van der Waals surface area contributed by atoms with Crippen molar-refractivity contribution in [3.05, 3.63) is 57.5 Å². The van der Waals surface area contributed by atoms with Crippen LogP contribution in [0.3, 0.4) is 0 Å². The Morgan fingerprint density at radius 1 is 1.32 bits per heavy atom. The van der Waals surface area contributed by atoms with E-state index in [1.807, 2.05) is 6.92 Å². The van der Waals surface area contributed by atoms with Crippen molar-refractivity contribution in [3.63, 3.8) is 0 Å². The first-order chi connectivity index (χ1) is 10.5. The molecule has 2 rings (SSSR count). The molecule has 22 heavy (non-hydrogen) atoms. The second-order valence-corrected chi connectivity index (χ2v) is 5.27. The summed E-state index contributed by atoms with van der Waals surface area (Å²) in [5.74, 6) is -0.109. The maximum absolute atomic E-state index is 12.4. The number of nitrogens with one attached hydrogen (secondary N) is 1. The van der Waals surface area contributed by atoms with Gasteiger partial charge in [-0.15, -0.1) is 0 Å². The van der Waals surface area contributed by atoms with Crippen molar-refractivity contribution >= 4 is 23.2 Å². The quantitative estimate of drug-likeness (QED) is 0.942. The fraction of sp³-hybridized carbons (Fsp3) is 0.250. The topological polar surface area (TPSA) is 60.3 Å². The summed E-state index contributed by atoms with van der Waals surface area (Å²) in [6, 6.07) is 7.82. The standard InChI is InChI=1S/C16H17ClN2O3/c1-10-12(17)6-4-7-13(10)18-15(20)11(2)19-9-5-8-14(22-3)16(19)21/h4-9,11H,1-3H3,(H,18,20). The maximum Gasteiger partial charge on any atom is 0.293 e. The zero-order valence-corrected chi connectivity index (χ0v) is 13.3. The first kappa shape index (κ1) is 16.1. The average molecular weight is 321 g/mol. The molecule has 116 valence electrons. The van der Waals surface area contributed by atoms with E-state index in [9.17, 15) is 9.59 Å². The van der Waals surface area contributed by atoms with Gasteiger partial charge in [-0.2, -0.15) is 0 Å². The summed E-state index contributed by atoms with van der Waals surface area (Å²) >= 11 is 6.04. The van der Waals surface area contributed by atoms with E-state index >= 15 is 0 Å². The van der Waals surface area contributed by atoms with Crippen molar-refractivity contribution < 1.29 is 9.53 Å². The number of carbonyl (C=O) groups is 1. The minimum atomic E-state index is -0.680. The van der Waals surface area contributed by atoms with E-state index in [2.05, 4.69) is 5.32 Å². The van der Waals surface area contributed by atoms with Crippen LogP contribution in [0.5, 0.6) is 5.75 Å². The van der Waals surface area contributed by atoms with Crippen LogP contribution in [0.2, 0.25) is 5.02 Å². The second-order valence-electron chi connectivity index (χ2n) is 4.87. The molecular weight excluding hydrogens is 304 g/mol. The predicted molar refractivity (Wildman–Crippen MR) is 86.8 cm³/mol. The lowest BCUT2D eigenvalue weighted by Gasteiger charge is -2.17. The highest BCUT2D eigenvalue weighted by Gasteiger charge is 2.18. The van der Waals surface area contributed by atoms with Crippen LogP contribution in [-0.2, 0) is 4.79 Å². The number of aromatic nitrogens is 1. The Hall–Kier alpha value is -2.27. The molecular formula is C16H17ClN2O3. The Morgan fingerprint density at radius 2 is 2.05 bits per heavy atom. The van der Waals surface area contributed by atoms with Crippen molar-refractivity contribution in [2.45, 2.75) is 19.9 Å². The number of hydrogen-bond acceptors (Lipinski definition) is 3. The van der Waals surface area contributed by atoms with Crippen LogP contribution in [0, 0.1) is 6.92 Å². The van der Waals surface area contributed by atoms with Gasteiger partial charge < -0.3 is 14.6 Å². The van der Waals surface area contributed by atoms with Gasteiger partial charge in [-0.1, -0.05) is 17.7 Å². The maximum atomic E-state index is 12.4. The predicted octanol–water partition coefficient (Wildman–Crippen LogP) is 3.02. The Bertz CT molecular complexity index is 755. The SMILES string of the molecule is COc1cccn(C(C)C(=O)Nc2cccc(Cl)c2C)c1=O. The largest absolute Gasteiger partial charge is 0.491 e. The number of carbonyl (C=O) groups excluding carboxylic acids is 1. The van der Waals surface area contributed by atoms with Crippen molar-refractivity contribution in [1.82, 2.24) is 4.57 Å². The van der Waals surface area contributed by atoms with Gasteiger partial charge in [0.1, 0.15) is 6.04 Å². The zero-order chi connectivity index (χ0) is 16.3. The summed E-state index contributed by atoms with van der Waals surface area (Å²) in [7, 11) is 1.42. The summed E-state index contributed by atoms with van der Waals surface area (Å²) in [5.41, 5.74) is 1.05. The number of hydrogen-bond donors (Lipinski definition) is 1. The van der Waals surface area contributed by atoms with E-state index in [0.717, 1.165) is 5.56 Å². The van der Waals surface area contributed by atoms with E-state index in [1.165, 1.54) is 11.7 Å². The second kappa shape index (κ2) is 6.66. The molecule has 2 aromatic rings. The highest BCUT2D eigenvalue weighted by atomic mass is 35.5. The van der Waals surface area contributed by atoms with Gasteiger partial charge in [-0.25, -0.2) is 0 Å². The number of methoxy groups -OCH3 is 1. The van der Waals surface area contributed by atoms with Gasteiger partial charge in [0.05, 0.1) is 7.11 Å². The average Bonchev–Trinajstić information content (AvgIpc) is 2.51. The third kappa shape index (κ3) is 3.14. The highest BCUT2D eigenvalue weighted by Crippen LogP contribution is 2.23. The molecule has 0 bridgehead atoms. The molecule has 1 N–H and O–H groups in total. The highest BCUT2D eigenvalue weighted by molar-refractivity contribution is 6.31. The molecule has 0 saturated carbocycles. The van der Waals surface area contributed by atoms with Crippen molar-refractivity contribution in [2.75, 3.05) is 12.4 Å². The third-order valence-electron chi connectivity index (χ3n) is 3.48. The number of rotatable bonds is 4. The minimum Gasteiger partial charge on any atom is -0.491 e. The van der Waals surface area contributed by atoms with Crippen molar-refractivity contribution in [1.29, 1.82) is 0 Å². The van der Waals surface area contributed by atoms with E-state index in [-0.39, 0.29) is 17.2 Å². The van der Waals surface area contributed by atoms with Crippen LogP contribution < -0.4 is 15.6 Å². The Kier molecular flexibility index (Phi) is 4.88. The summed E-state index contributed by atoms with van der Waals surface area (Å²) in [6.07, 6.45) is 1.56. The molecule has 1 atom stereocenters. The van der Waals surface area contributed by atoms with E-state index in [1.54, 1.807) is 43.5 Å². The van der Waals surface area contributed by atoms with Gasteiger partial charge in [0, 0.05) is 16.9 Å². The zero-order valence-electron chi connectivity index (χ0n) is 12.6. The minimum absolute atomic E-state index is 0.195. The lowest BCUT2D eigenvalue weighted by atomic mass is 10.2. The smallest absolute Gasteiger partial charge is 0.293 e. The van der Waals surface area contributed by atoms with Crippen LogP contribution >= 0.6 is 11.6 Å². The molecule has 0 aliphatic carbocycles. The molecule has 1 aromatic heterocycles. The van der Waals surface area contributed by atoms with Crippen molar-refractivity contribution in [2.24, 2.45) is 0 Å². The third-order valence-corrected chi connectivity index (χ3v) is 3.89. The number of anilines is 1. The Balaban J connectivity index is 2.27. The van der Waals surface area contributed by atoms with Gasteiger partial charge in [0.25, 0.3) is 5.56 Å². The van der Waals surface area contributed by atoms with Crippen LogP contribution in [-0.4, -0.2) is 17.6 Å². The molecule has 5 nitrogen and oxygen atoms in total. The van der Waals surface area contributed by atoms with Crippen LogP contribution in [0.25, 0.3) is 0 Å². The molecule has 0 aliphatic heterocycles. The summed E-state index contributed by atoms with van der Waals surface area (Å²) < 4.78 is 6.31. The van der Waals surface area contributed by atoms with Crippen LogP contribution in [0.15, 0.2) is 41.3 Å². The number of benzene rings is 1. The molecule has 1 aromatic carbocycles. The number of ether oxygens (including phenoxy) is 1. The molecule has 0 saturated heterocycles. The van der Waals surface area contributed by atoms with Gasteiger partial charge >= 0.3 is 0 Å². The lowest BCUT2D eigenvalue weighted by Crippen LogP contribution is -2.31. The first-order valence-electron chi connectivity index (χ1n) is 6.76. The fourth-order valence-electron chi connectivity index (χ4n) is 2.06. The number of pyridine rings is 1. The molecule has 1 heterocycles. The summed E-state index contributed by atoms with van der Waals surface area (Å²) in [6.45, 7) is 3.47. The van der Waals surface area contributed by atoms with E-state index in [4.69, 9.17) is 16.3 Å². The molecule has 6 heteroatoms. The van der Waals surface area contributed by atoms with Gasteiger partial charge in [-0.05, 0) is 43.7 Å². The molecule has 0 fully saturated rings. The molecule has 0 spiro atoms. The van der Waals surface area contributed by atoms with Gasteiger partial charge in [0.2, 0.25) is 5.91 Å². The monoisotopic (exact) mass is 320 g/mol. The molecule has 0 radical (unpaired) electrons. The van der Waals surface area contributed by atoms with E-state index < -0.39 is 6.04 Å². The summed E-state index contributed by atoms with van der Waals surface area (Å²) in [4.78, 5) is 24.5. The molecule has 0 aliphatic rings. The summed E-state index contributed by atoms with van der Waals surface area (Å²) in [5, 5.41) is 3.36. The fourth-order valence-corrected chi connectivity index (χ4v) is 2.23. The Labute approximate surface area is 133 Å². The number of amides is 1. The van der Waals surface area contributed by atoms with E-state index in [0.29, 0.717) is 10.7 Å². The van der Waals surface area contributed by atoms with Gasteiger partial charge in [0.15, 0.2) is 5.75 Å². The number of nitrogens with zero attached hydrogens (tertiary/aromatic N) is 1. The Morgan fingerprint density at radius 3 is 2.73 bits per heavy atom. The van der Waals surface area contributed by atoms with Crippen LogP contribution in [0.1, 0.15) is 18.5 Å². The first-order valence-corrected chi connectivity index (χ1v) is 7.14. The molecule has 1 unspecified atom stereocenters. The van der Waals surface area contributed by atoms with Gasteiger partial charge in [-0.3, -0.25) is 9.59 Å². The van der Waals surface area contributed by atoms with Crippen LogP contribution in [0.4, 0.5) is 5.69 Å². The normalized spacial score (nSPS) is 11.8. The lowest BCUT2D eigenvalue weighted by molar-refractivity contribution is -0.118. The number of halogens is 1. The van der Waals surface area contributed by atoms with Crippen molar-refractivity contribution in [3.8, 4) is 5.75 Å².